The van der Waals surface area contributed by atoms with Crippen LogP contribution < -0.4 is 11.1 Å². The molecule has 1 aromatic heterocycles. The third-order valence-electron chi connectivity index (χ3n) is 1.67. The van der Waals surface area contributed by atoms with Crippen LogP contribution in [-0.2, 0) is 4.79 Å². The van der Waals surface area contributed by atoms with Gasteiger partial charge in [0.15, 0.2) is 0 Å². The van der Waals surface area contributed by atoms with E-state index < -0.39 is 5.91 Å². The van der Waals surface area contributed by atoms with Crippen LogP contribution in [0.2, 0.25) is 0 Å². The summed E-state index contributed by atoms with van der Waals surface area (Å²) >= 11 is 1.46. The maximum absolute atomic E-state index is 11.4. The van der Waals surface area contributed by atoms with Crippen molar-refractivity contribution in [1.82, 2.24) is 5.32 Å². The van der Waals surface area contributed by atoms with Crippen molar-refractivity contribution >= 4 is 23.2 Å². The lowest BCUT2D eigenvalue weighted by Gasteiger charge is -2.10. The Kier molecular flexibility index (Phi) is 3.64. The number of amides is 2. The first-order valence-corrected chi connectivity index (χ1v) is 5.15. The second kappa shape index (κ2) is 4.76. The van der Waals surface area contributed by atoms with Gasteiger partial charge in [0, 0.05) is 23.4 Å². The van der Waals surface area contributed by atoms with Crippen LogP contribution in [-0.4, -0.2) is 17.9 Å². The maximum Gasteiger partial charge on any atom is 0.252 e. The number of rotatable bonds is 4. The van der Waals surface area contributed by atoms with E-state index >= 15 is 0 Å². The Hall–Kier alpha value is -1.36. The van der Waals surface area contributed by atoms with Crippen LogP contribution in [0.15, 0.2) is 16.8 Å². The Balaban J connectivity index is 2.45. The summed E-state index contributed by atoms with van der Waals surface area (Å²) in [5, 5.41) is 6.26. The summed E-state index contributed by atoms with van der Waals surface area (Å²) in [5.41, 5.74) is 5.62. The number of carbonyl (C=O) groups excluding carboxylic acids is 2. The highest BCUT2D eigenvalue weighted by Crippen LogP contribution is 2.06. The zero-order valence-electron chi connectivity index (χ0n) is 7.82. The van der Waals surface area contributed by atoms with Crippen molar-refractivity contribution in [3.63, 3.8) is 0 Å². The largest absolute Gasteiger partial charge is 0.370 e. The predicted octanol–water partition coefficient (Wildman–Crippen LogP) is 0.742. The highest BCUT2D eigenvalue weighted by molar-refractivity contribution is 7.08. The Morgan fingerprint density at radius 2 is 2.36 bits per heavy atom. The minimum Gasteiger partial charge on any atom is -0.370 e. The normalized spacial score (nSPS) is 12.1. The molecule has 1 heterocycles. The van der Waals surface area contributed by atoms with Crippen LogP contribution in [0.1, 0.15) is 23.7 Å². The summed E-state index contributed by atoms with van der Waals surface area (Å²) in [6, 6.07) is 1.51. The fourth-order valence-electron chi connectivity index (χ4n) is 1.05. The summed E-state index contributed by atoms with van der Waals surface area (Å²) in [6.45, 7) is 1.75. The molecule has 5 heteroatoms. The molecule has 4 nitrogen and oxygen atoms in total. The minimum absolute atomic E-state index is 0.163. The van der Waals surface area contributed by atoms with E-state index in [0.29, 0.717) is 5.56 Å². The Bertz CT molecular complexity index is 322. The van der Waals surface area contributed by atoms with Crippen molar-refractivity contribution in [2.45, 2.75) is 19.4 Å². The SMILES string of the molecule is C[C@@H](CC(N)=O)NC(=O)c1ccsc1. The van der Waals surface area contributed by atoms with Crippen molar-refractivity contribution in [2.75, 3.05) is 0 Å². The molecule has 1 aromatic rings. The molecule has 0 aliphatic rings. The first-order valence-electron chi connectivity index (χ1n) is 4.21. The molecule has 0 unspecified atom stereocenters. The van der Waals surface area contributed by atoms with Gasteiger partial charge in [-0.15, -0.1) is 0 Å². The van der Waals surface area contributed by atoms with E-state index in [9.17, 15) is 9.59 Å². The number of nitrogens with one attached hydrogen (secondary N) is 1. The lowest BCUT2D eigenvalue weighted by molar-refractivity contribution is -0.118. The second-order valence-corrected chi connectivity index (χ2v) is 3.84. The van der Waals surface area contributed by atoms with Gasteiger partial charge in [0.05, 0.1) is 0 Å². The standard InChI is InChI=1S/C9H12N2O2S/c1-6(4-8(10)12)11-9(13)7-2-3-14-5-7/h2-3,5-6H,4H2,1H3,(H2,10,12)(H,11,13)/t6-/m0/s1. The fraction of sp³-hybridized carbons (Fsp3) is 0.333. The van der Waals surface area contributed by atoms with Gasteiger partial charge >= 0.3 is 0 Å². The molecule has 0 saturated carbocycles. The zero-order valence-corrected chi connectivity index (χ0v) is 8.64. The van der Waals surface area contributed by atoms with Crippen LogP contribution in [0, 0.1) is 0 Å². The molecule has 0 aromatic carbocycles. The molecule has 1 atom stereocenters. The average Bonchev–Trinajstić information content (AvgIpc) is 2.53. The average molecular weight is 212 g/mol. The molecule has 14 heavy (non-hydrogen) atoms. The van der Waals surface area contributed by atoms with Gasteiger partial charge in [-0.2, -0.15) is 11.3 Å². The molecule has 76 valence electrons. The topological polar surface area (TPSA) is 72.2 Å². The van der Waals surface area contributed by atoms with Gasteiger partial charge in [-0.05, 0) is 18.4 Å². The second-order valence-electron chi connectivity index (χ2n) is 3.06. The number of hydrogen-bond acceptors (Lipinski definition) is 3. The van der Waals surface area contributed by atoms with Crippen molar-refractivity contribution in [3.8, 4) is 0 Å². The molecule has 0 saturated heterocycles. The highest BCUT2D eigenvalue weighted by Gasteiger charge is 2.11. The van der Waals surface area contributed by atoms with Gasteiger partial charge < -0.3 is 11.1 Å². The quantitative estimate of drug-likeness (QED) is 0.772. The smallest absolute Gasteiger partial charge is 0.252 e. The van der Waals surface area contributed by atoms with Crippen LogP contribution in [0.5, 0.6) is 0 Å². The van der Waals surface area contributed by atoms with E-state index in [1.807, 2.05) is 5.38 Å². The van der Waals surface area contributed by atoms with E-state index in [1.165, 1.54) is 11.3 Å². The number of nitrogens with two attached hydrogens (primary N) is 1. The summed E-state index contributed by atoms with van der Waals surface area (Å²) in [6.07, 6.45) is 0.163. The molecule has 0 bridgehead atoms. The molecule has 1 rings (SSSR count). The Morgan fingerprint density at radius 1 is 1.64 bits per heavy atom. The number of carbonyl (C=O) groups is 2. The summed E-state index contributed by atoms with van der Waals surface area (Å²) in [4.78, 5) is 22.0. The van der Waals surface area contributed by atoms with Gasteiger partial charge in [-0.1, -0.05) is 0 Å². The molecule has 0 aliphatic carbocycles. The Labute approximate surface area is 86.1 Å². The van der Waals surface area contributed by atoms with Gasteiger partial charge in [0.1, 0.15) is 0 Å². The van der Waals surface area contributed by atoms with E-state index in [1.54, 1.807) is 18.4 Å². The zero-order chi connectivity index (χ0) is 10.6. The van der Waals surface area contributed by atoms with Crippen molar-refractivity contribution < 1.29 is 9.59 Å². The minimum atomic E-state index is -0.414. The molecule has 2 amide bonds. The molecule has 0 fully saturated rings. The maximum atomic E-state index is 11.4. The van der Waals surface area contributed by atoms with Gasteiger partial charge in [0.25, 0.3) is 5.91 Å². The van der Waals surface area contributed by atoms with Gasteiger partial charge in [-0.25, -0.2) is 0 Å². The number of primary amides is 1. The van der Waals surface area contributed by atoms with E-state index in [-0.39, 0.29) is 18.4 Å². The fourth-order valence-corrected chi connectivity index (χ4v) is 1.69. The molecule has 3 N–H and O–H groups in total. The number of hydrogen-bond donors (Lipinski definition) is 2. The highest BCUT2D eigenvalue weighted by atomic mass is 32.1. The van der Waals surface area contributed by atoms with Crippen molar-refractivity contribution in [1.29, 1.82) is 0 Å². The summed E-state index contributed by atoms with van der Waals surface area (Å²) in [5.74, 6) is -0.580. The van der Waals surface area contributed by atoms with Crippen LogP contribution in [0.3, 0.4) is 0 Å². The van der Waals surface area contributed by atoms with Gasteiger partial charge in [-0.3, -0.25) is 9.59 Å². The molecule has 0 spiro atoms. The summed E-state index contributed by atoms with van der Waals surface area (Å²) < 4.78 is 0. The third kappa shape index (κ3) is 3.18. The first kappa shape index (κ1) is 10.7. The van der Waals surface area contributed by atoms with Crippen molar-refractivity contribution in [3.05, 3.63) is 22.4 Å². The summed E-state index contributed by atoms with van der Waals surface area (Å²) in [7, 11) is 0. The first-order chi connectivity index (χ1) is 6.59. The van der Waals surface area contributed by atoms with E-state index in [4.69, 9.17) is 5.73 Å². The van der Waals surface area contributed by atoms with E-state index in [2.05, 4.69) is 5.32 Å². The molecule has 0 radical (unpaired) electrons. The lowest BCUT2D eigenvalue weighted by atomic mass is 10.2. The van der Waals surface area contributed by atoms with Crippen molar-refractivity contribution in [2.24, 2.45) is 5.73 Å². The predicted molar refractivity (Wildman–Crippen MR) is 55.1 cm³/mol. The van der Waals surface area contributed by atoms with Crippen LogP contribution in [0.4, 0.5) is 0 Å². The monoisotopic (exact) mass is 212 g/mol. The molecular weight excluding hydrogens is 200 g/mol. The van der Waals surface area contributed by atoms with Crippen LogP contribution in [0.25, 0.3) is 0 Å². The lowest BCUT2D eigenvalue weighted by Crippen LogP contribution is -2.35. The number of thiophene rings is 1. The Morgan fingerprint density at radius 3 is 2.86 bits per heavy atom. The van der Waals surface area contributed by atoms with Gasteiger partial charge in [0.2, 0.25) is 5.91 Å². The van der Waals surface area contributed by atoms with E-state index in [0.717, 1.165) is 0 Å². The third-order valence-corrected chi connectivity index (χ3v) is 2.35. The van der Waals surface area contributed by atoms with Crippen LogP contribution >= 0.6 is 11.3 Å². The molecule has 0 aliphatic heterocycles. The molecular formula is C9H12N2O2S.